The first-order valence-corrected chi connectivity index (χ1v) is 8.87. The van der Waals surface area contributed by atoms with Crippen LogP contribution >= 0.6 is 10.7 Å². The largest absolute Gasteiger partial charge is 0.493 e. The molecule has 5 heteroatoms. The minimum atomic E-state index is -3.69. The van der Waals surface area contributed by atoms with Gasteiger partial charge in [0.1, 0.15) is 5.75 Å². The minimum absolute atomic E-state index is 0.167. The molecule has 0 unspecified atom stereocenters. The SMILES string of the molecule is Cc1cc(S(=O)(=O)Cl)c(C)cc1OCC1CCCC1. The summed E-state index contributed by atoms with van der Waals surface area (Å²) < 4.78 is 28.6. The average molecular weight is 303 g/mol. The molecule has 19 heavy (non-hydrogen) atoms. The molecule has 1 saturated carbocycles. The quantitative estimate of drug-likeness (QED) is 0.795. The van der Waals surface area contributed by atoms with Crippen LogP contribution in [0.3, 0.4) is 0 Å². The van der Waals surface area contributed by atoms with Crippen molar-refractivity contribution in [3.63, 3.8) is 0 Å². The third-order valence-electron chi connectivity index (χ3n) is 3.68. The second kappa shape index (κ2) is 5.71. The first-order chi connectivity index (χ1) is 8.88. The zero-order chi connectivity index (χ0) is 14.0. The van der Waals surface area contributed by atoms with Gasteiger partial charge in [0, 0.05) is 10.7 Å². The lowest BCUT2D eigenvalue weighted by atomic mass is 10.1. The van der Waals surface area contributed by atoms with E-state index in [1.54, 1.807) is 19.1 Å². The predicted molar refractivity (Wildman–Crippen MR) is 76.4 cm³/mol. The predicted octanol–water partition coefficient (Wildman–Crippen LogP) is 3.80. The summed E-state index contributed by atoms with van der Waals surface area (Å²) in [5, 5.41) is 0. The summed E-state index contributed by atoms with van der Waals surface area (Å²) in [6.45, 7) is 4.29. The molecule has 2 rings (SSSR count). The van der Waals surface area contributed by atoms with Crippen molar-refractivity contribution in [3.05, 3.63) is 23.3 Å². The smallest absolute Gasteiger partial charge is 0.261 e. The zero-order valence-electron chi connectivity index (χ0n) is 11.3. The normalized spacial score (nSPS) is 16.8. The summed E-state index contributed by atoms with van der Waals surface area (Å²) in [7, 11) is 1.71. The van der Waals surface area contributed by atoms with Gasteiger partial charge in [-0.3, -0.25) is 0 Å². The number of benzene rings is 1. The molecular weight excluding hydrogens is 284 g/mol. The van der Waals surface area contributed by atoms with Crippen molar-refractivity contribution >= 4 is 19.7 Å². The van der Waals surface area contributed by atoms with Gasteiger partial charge in [-0.25, -0.2) is 8.42 Å². The molecule has 106 valence electrons. The van der Waals surface area contributed by atoms with Gasteiger partial charge in [0.15, 0.2) is 0 Å². The molecule has 1 aliphatic rings. The Morgan fingerprint density at radius 1 is 1.21 bits per heavy atom. The minimum Gasteiger partial charge on any atom is -0.493 e. The summed E-state index contributed by atoms with van der Waals surface area (Å²) in [5.41, 5.74) is 1.44. The fraction of sp³-hybridized carbons (Fsp3) is 0.571. The van der Waals surface area contributed by atoms with Gasteiger partial charge in [-0.2, -0.15) is 0 Å². The van der Waals surface area contributed by atoms with Crippen LogP contribution in [0.15, 0.2) is 17.0 Å². The van der Waals surface area contributed by atoms with Crippen molar-refractivity contribution in [2.75, 3.05) is 6.61 Å². The lowest BCUT2D eigenvalue weighted by Crippen LogP contribution is -2.09. The van der Waals surface area contributed by atoms with E-state index in [1.165, 1.54) is 25.7 Å². The van der Waals surface area contributed by atoms with Gasteiger partial charge in [0.05, 0.1) is 11.5 Å². The molecule has 0 aliphatic heterocycles. The van der Waals surface area contributed by atoms with Crippen molar-refractivity contribution in [2.24, 2.45) is 5.92 Å². The topological polar surface area (TPSA) is 43.4 Å². The van der Waals surface area contributed by atoms with Crippen LogP contribution in [0.25, 0.3) is 0 Å². The molecule has 1 aromatic carbocycles. The van der Waals surface area contributed by atoms with Gasteiger partial charge in [0.2, 0.25) is 0 Å². The number of hydrogen-bond donors (Lipinski definition) is 0. The van der Waals surface area contributed by atoms with E-state index < -0.39 is 9.05 Å². The Hall–Kier alpha value is -0.740. The second-order valence-electron chi connectivity index (χ2n) is 5.28. The zero-order valence-corrected chi connectivity index (χ0v) is 12.9. The van der Waals surface area contributed by atoms with Crippen LogP contribution in [-0.2, 0) is 9.05 Å². The number of hydrogen-bond acceptors (Lipinski definition) is 3. The monoisotopic (exact) mass is 302 g/mol. The van der Waals surface area contributed by atoms with E-state index in [0.29, 0.717) is 18.1 Å². The van der Waals surface area contributed by atoms with E-state index >= 15 is 0 Å². The van der Waals surface area contributed by atoms with Crippen LogP contribution in [0.2, 0.25) is 0 Å². The Bertz CT molecular complexity index is 560. The maximum Gasteiger partial charge on any atom is 0.261 e. The third-order valence-corrected chi connectivity index (χ3v) is 5.15. The van der Waals surface area contributed by atoms with Crippen LogP contribution in [0.5, 0.6) is 5.75 Å². The summed E-state index contributed by atoms with van der Waals surface area (Å²) in [4.78, 5) is 0.167. The second-order valence-corrected chi connectivity index (χ2v) is 7.82. The molecule has 0 N–H and O–H groups in total. The Morgan fingerprint density at radius 2 is 1.84 bits per heavy atom. The highest BCUT2D eigenvalue weighted by Crippen LogP contribution is 2.30. The lowest BCUT2D eigenvalue weighted by molar-refractivity contribution is 0.250. The molecule has 0 radical (unpaired) electrons. The van der Waals surface area contributed by atoms with E-state index in [2.05, 4.69) is 0 Å². The van der Waals surface area contributed by atoms with Gasteiger partial charge in [-0.15, -0.1) is 0 Å². The molecule has 0 atom stereocenters. The van der Waals surface area contributed by atoms with E-state index in [0.717, 1.165) is 11.3 Å². The molecule has 1 aliphatic carbocycles. The van der Waals surface area contributed by atoms with Crippen LogP contribution in [0.4, 0.5) is 0 Å². The highest BCUT2D eigenvalue weighted by atomic mass is 35.7. The number of halogens is 1. The third kappa shape index (κ3) is 3.63. The van der Waals surface area contributed by atoms with E-state index in [-0.39, 0.29) is 4.90 Å². The first kappa shape index (κ1) is 14.7. The Morgan fingerprint density at radius 3 is 2.42 bits per heavy atom. The molecule has 1 aromatic rings. The lowest BCUT2D eigenvalue weighted by Gasteiger charge is -2.15. The Labute approximate surface area is 119 Å². The molecule has 3 nitrogen and oxygen atoms in total. The molecule has 0 amide bonds. The molecule has 0 saturated heterocycles. The Kier molecular flexibility index (Phi) is 4.41. The van der Waals surface area contributed by atoms with Crippen molar-refractivity contribution in [2.45, 2.75) is 44.4 Å². The van der Waals surface area contributed by atoms with Gasteiger partial charge in [-0.05, 0) is 55.9 Å². The highest BCUT2D eigenvalue weighted by Gasteiger charge is 2.18. The van der Waals surface area contributed by atoms with Gasteiger partial charge in [0.25, 0.3) is 9.05 Å². The fourth-order valence-electron chi connectivity index (χ4n) is 2.57. The van der Waals surface area contributed by atoms with Crippen LogP contribution in [0.1, 0.15) is 36.8 Å². The van der Waals surface area contributed by atoms with E-state index in [1.807, 2.05) is 6.92 Å². The summed E-state index contributed by atoms with van der Waals surface area (Å²) in [6, 6.07) is 3.35. The van der Waals surface area contributed by atoms with E-state index in [4.69, 9.17) is 15.4 Å². The van der Waals surface area contributed by atoms with Crippen molar-refractivity contribution in [1.82, 2.24) is 0 Å². The molecule has 0 heterocycles. The van der Waals surface area contributed by atoms with Crippen LogP contribution < -0.4 is 4.74 Å². The highest BCUT2D eigenvalue weighted by molar-refractivity contribution is 8.13. The molecule has 0 spiro atoms. The number of rotatable bonds is 4. The molecular formula is C14H19ClO3S. The average Bonchev–Trinajstić information content (AvgIpc) is 2.81. The van der Waals surface area contributed by atoms with Gasteiger partial charge >= 0.3 is 0 Å². The van der Waals surface area contributed by atoms with Gasteiger partial charge < -0.3 is 4.74 Å². The van der Waals surface area contributed by atoms with E-state index in [9.17, 15) is 8.42 Å². The van der Waals surface area contributed by atoms with Crippen LogP contribution in [-0.4, -0.2) is 15.0 Å². The summed E-state index contributed by atoms with van der Waals surface area (Å²) in [5.74, 6) is 1.39. The fourth-order valence-corrected chi connectivity index (χ4v) is 3.83. The maximum absolute atomic E-state index is 11.4. The van der Waals surface area contributed by atoms with Crippen molar-refractivity contribution < 1.29 is 13.2 Å². The van der Waals surface area contributed by atoms with Crippen molar-refractivity contribution in [1.29, 1.82) is 0 Å². The van der Waals surface area contributed by atoms with Gasteiger partial charge in [-0.1, -0.05) is 12.8 Å². The van der Waals surface area contributed by atoms with Crippen molar-refractivity contribution in [3.8, 4) is 5.75 Å². The first-order valence-electron chi connectivity index (χ1n) is 6.56. The Balaban J connectivity index is 2.16. The number of aryl methyl sites for hydroxylation is 2. The molecule has 0 aromatic heterocycles. The van der Waals surface area contributed by atoms with Crippen LogP contribution in [0, 0.1) is 19.8 Å². The number of ether oxygens (including phenoxy) is 1. The maximum atomic E-state index is 11.4. The molecule has 0 bridgehead atoms. The standard InChI is InChI=1S/C14H19ClO3S/c1-10-8-14(19(15,16)17)11(2)7-13(10)18-9-12-5-3-4-6-12/h7-8,12H,3-6,9H2,1-2H3. The molecule has 1 fully saturated rings. The summed E-state index contributed by atoms with van der Waals surface area (Å²) in [6.07, 6.45) is 5.03. The summed E-state index contributed by atoms with van der Waals surface area (Å²) >= 11 is 0.